The third-order valence-electron chi connectivity index (χ3n) is 3.29. The summed E-state index contributed by atoms with van der Waals surface area (Å²) < 4.78 is 0. The average Bonchev–Trinajstić information content (AvgIpc) is 3.14. The molecule has 0 amide bonds. The van der Waals surface area contributed by atoms with Gasteiger partial charge in [0, 0.05) is 24.6 Å². The predicted octanol–water partition coefficient (Wildman–Crippen LogP) is 2.48. The molecule has 1 heterocycles. The van der Waals surface area contributed by atoms with Crippen LogP contribution in [0.1, 0.15) is 50.4 Å². The second kappa shape index (κ2) is 4.90. The summed E-state index contributed by atoms with van der Waals surface area (Å²) in [5.41, 5.74) is 7.02. The van der Waals surface area contributed by atoms with Crippen LogP contribution in [0.3, 0.4) is 0 Å². The molecule has 1 aromatic heterocycles. The van der Waals surface area contributed by atoms with E-state index >= 15 is 0 Å². The molecule has 94 valence electrons. The maximum atomic E-state index is 6.00. The molecule has 0 bridgehead atoms. The molecule has 17 heavy (non-hydrogen) atoms. The number of nitrogen functional groups attached to an aromatic ring is 1. The molecule has 4 heteroatoms. The highest BCUT2D eigenvalue weighted by atomic mass is 15.2. The van der Waals surface area contributed by atoms with Gasteiger partial charge in [-0.05, 0) is 33.1 Å². The summed E-state index contributed by atoms with van der Waals surface area (Å²) in [5, 5.41) is 0. The van der Waals surface area contributed by atoms with Gasteiger partial charge in [-0.25, -0.2) is 9.97 Å². The van der Waals surface area contributed by atoms with Gasteiger partial charge in [0.25, 0.3) is 0 Å². The maximum Gasteiger partial charge on any atom is 0.137 e. The van der Waals surface area contributed by atoms with Crippen LogP contribution in [0.5, 0.6) is 0 Å². The van der Waals surface area contributed by atoms with Crippen molar-refractivity contribution in [2.45, 2.75) is 46.0 Å². The number of anilines is 2. The van der Waals surface area contributed by atoms with Gasteiger partial charge in [0.2, 0.25) is 0 Å². The van der Waals surface area contributed by atoms with E-state index in [1.807, 2.05) is 6.92 Å². The molecule has 0 unspecified atom stereocenters. The van der Waals surface area contributed by atoms with Gasteiger partial charge < -0.3 is 10.6 Å². The first kappa shape index (κ1) is 12.1. The number of nitrogens with zero attached hydrogens (tertiary/aromatic N) is 3. The lowest BCUT2D eigenvalue weighted by Gasteiger charge is -2.24. The summed E-state index contributed by atoms with van der Waals surface area (Å²) in [4.78, 5) is 11.4. The number of nitrogens with two attached hydrogens (primary N) is 1. The van der Waals surface area contributed by atoms with Crippen molar-refractivity contribution in [1.29, 1.82) is 0 Å². The third-order valence-corrected chi connectivity index (χ3v) is 3.29. The fraction of sp³-hybridized carbons (Fsp3) is 0.692. The molecule has 2 rings (SSSR count). The van der Waals surface area contributed by atoms with Crippen LogP contribution in [0.4, 0.5) is 11.6 Å². The topological polar surface area (TPSA) is 55.0 Å². The molecule has 0 aliphatic heterocycles. The van der Waals surface area contributed by atoms with Crippen LogP contribution in [0, 0.1) is 6.92 Å². The second-order valence-electron chi connectivity index (χ2n) is 4.77. The Balaban J connectivity index is 2.35. The van der Waals surface area contributed by atoms with Gasteiger partial charge in [0.05, 0.1) is 0 Å². The fourth-order valence-electron chi connectivity index (χ4n) is 2.05. The fourth-order valence-corrected chi connectivity index (χ4v) is 2.05. The van der Waals surface area contributed by atoms with Crippen LogP contribution >= 0.6 is 0 Å². The largest absolute Gasteiger partial charge is 0.383 e. The van der Waals surface area contributed by atoms with E-state index in [9.17, 15) is 0 Å². The maximum absolute atomic E-state index is 6.00. The first-order chi connectivity index (χ1) is 8.17. The minimum Gasteiger partial charge on any atom is -0.383 e. The molecule has 0 saturated heterocycles. The Morgan fingerprint density at radius 2 is 2.00 bits per heavy atom. The molecular formula is C13H22N4. The molecule has 4 nitrogen and oxygen atoms in total. The van der Waals surface area contributed by atoms with Crippen molar-refractivity contribution in [2.24, 2.45) is 0 Å². The Kier molecular flexibility index (Phi) is 3.50. The Morgan fingerprint density at radius 3 is 2.53 bits per heavy atom. The predicted molar refractivity (Wildman–Crippen MR) is 71.3 cm³/mol. The molecule has 1 aromatic rings. The van der Waals surface area contributed by atoms with E-state index in [1.54, 1.807) is 0 Å². The van der Waals surface area contributed by atoms with Crippen LogP contribution < -0.4 is 10.6 Å². The molecule has 1 fully saturated rings. The van der Waals surface area contributed by atoms with Gasteiger partial charge in [0.1, 0.15) is 17.5 Å². The van der Waals surface area contributed by atoms with Crippen LogP contribution in [0.2, 0.25) is 0 Å². The highest BCUT2D eigenvalue weighted by molar-refractivity contribution is 5.56. The monoisotopic (exact) mass is 234 g/mol. The normalized spacial score (nSPS) is 15.0. The van der Waals surface area contributed by atoms with E-state index in [0.29, 0.717) is 11.7 Å². The van der Waals surface area contributed by atoms with E-state index in [1.165, 1.54) is 12.8 Å². The van der Waals surface area contributed by atoms with Crippen molar-refractivity contribution in [3.8, 4) is 0 Å². The zero-order chi connectivity index (χ0) is 12.4. The standard InChI is InChI=1S/C13H22N4/c1-4-8-17(5-2)13-9(3)11(14)15-12(16-13)10-6-7-10/h10H,4-8H2,1-3H3,(H2,14,15,16). The second-order valence-corrected chi connectivity index (χ2v) is 4.77. The van der Waals surface area contributed by atoms with Crippen LogP contribution in [-0.4, -0.2) is 23.1 Å². The molecular weight excluding hydrogens is 212 g/mol. The lowest BCUT2D eigenvalue weighted by atomic mass is 10.2. The Bertz CT molecular complexity index is 399. The van der Waals surface area contributed by atoms with Crippen LogP contribution in [-0.2, 0) is 0 Å². The Morgan fingerprint density at radius 1 is 1.29 bits per heavy atom. The minimum atomic E-state index is 0.553. The van der Waals surface area contributed by atoms with Gasteiger partial charge in [-0.15, -0.1) is 0 Å². The van der Waals surface area contributed by atoms with E-state index in [-0.39, 0.29) is 0 Å². The van der Waals surface area contributed by atoms with E-state index < -0.39 is 0 Å². The molecule has 1 aliphatic carbocycles. The molecule has 1 saturated carbocycles. The first-order valence-electron chi connectivity index (χ1n) is 6.56. The van der Waals surface area contributed by atoms with Crippen molar-refractivity contribution in [3.05, 3.63) is 11.4 Å². The quantitative estimate of drug-likeness (QED) is 0.850. The highest BCUT2D eigenvalue weighted by Crippen LogP contribution is 2.39. The molecule has 0 spiro atoms. The Labute approximate surface area is 103 Å². The van der Waals surface area contributed by atoms with Crippen molar-refractivity contribution in [1.82, 2.24) is 9.97 Å². The Hall–Kier alpha value is -1.32. The summed E-state index contributed by atoms with van der Waals surface area (Å²) in [6, 6.07) is 0. The number of aromatic nitrogens is 2. The molecule has 1 aliphatic rings. The molecule has 2 N–H and O–H groups in total. The van der Waals surface area contributed by atoms with E-state index in [4.69, 9.17) is 10.7 Å². The summed E-state index contributed by atoms with van der Waals surface area (Å²) in [6.45, 7) is 8.35. The van der Waals surface area contributed by atoms with Crippen molar-refractivity contribution in [2.75, 3.05) is 23.7 Å². The van der Waals surface area contributed by atoms with Crippen molar-refractivity contribution in [3.63, 3.8) is 0 Å². The van der Waals surface area contributed by atoms with Gasteiger partial charge in [0.15, 0.2) is 0 Å². The zero-order valence-corrected chi connectivity index (χ0v) is 11.0. The molecule has 0 aromatic carbocycles. The van der Waals surface area contributed by atoms with Gasteiger partial charge >= 0.3 is 0 Å². The zero-order valence-electron chi connectivity index (χ0n) is 11.0. The first-order valence-corrected chi connectivity index (χ1v) is 6.56. The SMILES string of the molecule is CCCN(CC)c1nc(C2CC2)nc(N)c1C. The van der Waals surface area contributed by atoms with Gasteiger partial charge in [-0.1, -0.05) is 6.92 Å². The summed E-state index contributed by atoms with van der Waals surface area (Å²) >= 11 is 0. The third kappa shape index (κ3) is 2.51. The van der Waals surface area contributed by atoms with E-state index in [2.05, 4.69) is 23.7 Å². The smallest absolute Gasteiger partial charge is 0.137 e. The highest BCUT2D eigenvalue weighted by Gasteiger charge is 2.28. The minimum absolute atomic E-state index is 0.553. The number of hydrogen-bond acceptors (Lipinski definition) is 4. The molecule has 0 radical (unpaired) electrons. The van der Waals surface area contributed by atoms with Crippen LogP contribution in [0.15, 0.2) is 0 Å². The number of rotatable bonds is 5. The number of hydrogen-bond donors (Lipinski definition) is 1. The van der Waals surface area contributed by atoms with E-state index in [0.717, 1.165) is 36.7 Å². The van der Waals surface area contributed by atoms with Gasteiger partial charge in [-0.2, -0.15) is 0 Å². The lowest BCUT2D eigenvalue weighted by Crippen LogP contribution is -2.26. The summed E-state index contributed by atoms with van der Waals surface area (Å²) in [6.07, 6.45) is 3.54. The molecule has 0 atom stereocenters. The van der Waals surface area contributed by atoms with Crippen LogP contribution in [0.25, 0.3) is 0 Å². The summed E-state index contributed by atoms with van der Waals surface area (Å²) in [7, 11) is 0. The van der Waals surface area contributed by atoms with Crippen molar-refractivity contribution < 1.29 is 0 Å². The lowest BCUT2D eigenvalue weighted by molar-refractivity contribution is 0.763. The summed E-state index contributed by atoms with van der Waals surface area (Å²) in [5.74, 6) is 3.17. The van der Waals surface area contributed by atoms with Gasteiger partial charge in [-0.3, -0.25) is 0 Å². The van der Waals surface area contributed by atoms with Crippen molar-refractivity contribution >= 4 is 11.6 Å². The average molecular weight is 234 g/mol.